The Hall–Kier alpha value is -0.610. The van der Waals surface area contributed by atoms with Crippen molar-refractivity contribution < 1.29 is 14.2 Å². The molecule has 0 radical (unpaired) electrons. The van der Waals surface area contributed by atoms with E-state index in [0.29, 0.717) is 26.2 Å². The molecule has 0 atom stereocenters. The summed E-state index contributed by atoms with van der Waals surface area (Å²) in [6.07, 6.45) is 1.57. The average molecular weight is 269 g/mol. The zero-order valence-electron chi connectivity index (χ0n) is 10.4. The predicted octanol–water partition coefficient (Wildman–Crippen LogP) is 3.01. The zero-order valence-corrected chi connectivity index (χ0v) is 11.2. The van der Waals surface area contributed by atoms with Crippen LogP contribution in [0.3, 0.4) is 0 Å². The molecule has 3 nitrogen and oxygen atoms in total. The van der Waals surface area contributed by atoms with Gasteiger partial charge in [-0.1, -0.05) is 30.7 Å². The molecule has 3 heterocycles. The molecule has 0 spiro atoms. The lowest BCUT2D eigenvalue weighted by Gasteiger charge is -2.50. The van der Waals surface area contributed by atoms with Gasteiger partial charge in [0.15, 0.2) is 0 Å². The fourth-order valence-electron chi connectivity index (χ4n) is 2.27. The molecule has 0 aliphatic carbocycles. The highest BCUT2D eigenvalue weighted by Crippen LogP contribution is 2.40. The van der Waals surface area contributed by atoms with Gasteiger partial charge in [0.25, 0.3) is 5.97 Å². The standard InChI is InChI=1S/C14H17ClO3/c1-13-8-16-14(17-9-13,18-10-13)7-6-11-2-4-12(15)5-3-11/h2-5H,6-10H2,1H3. The van der Waals surface area contributed by atoms with Gasteiger partial charge in [-0.2, -0.15) is 0 Å². The summed E-state index contributed by atoms with van der Waals surface area (Å²) < 4.78 is 17.2. The second kappa shape index (κ2) is 4.49. The number of rotatable bonds is 3. The van der Waals surface area contributed by atoms with E-state index >= 15 is 0 Å². The summed E-state index contributed by atoms with van der Waals surface area (Å²) in [5.41, 5.74) is 1.24. The first-order valence-electron chi connectivity index (χ1n) is 6.26. The van der Waals surface area contributed by atoms with Gasteiger partial charge in [0.2, 0.25) is 0 Å². The largest absolute Gasteiger partial charge is 0.327 e. The lowest BCUT2D eigenvalue weighted by Crippen LogP contribution is -2.59. The second-order valence-electron chi connectivity index (χ2n) is 5.49. The third kappa shape index (κ3) is 2.41. The van der Waals surface area contributed by atoms with Crippen molar-refractivity contribution in [2.24, 2.45) is 5.41 Å². The Kier molecular flexibility index (Phi) is 3.10. The van der Waals surface area contributed by atoms with E-state index in [1.165, 1.54) is 5.56 Å². The lowest BCUT2D eigenvalue weighted by atomic mass is 9.91. The van der Waals surface area contributed by atoms with Crippen LogP contribution in [0, 0.1) is 5.41 Å². The van der Waals surface area contributed by atoms with Crippen molar-refractivity contribution in [2.45, 2.75) is 25.7 Å². The van der Waals surface area contributed by atoms with Crippen LogP contribution in [0.2, 0.25) is 5.02 Å². The highest BCUT2D eigenvalue weighted by Gasteiger charge is 2.49. The van der Waals surface area contributed by atoms with Gasteiger partial charge in [0.1, 0.15) is 0 Å². The Morgan fingerprint density at radius 1 is 1.06 bits per heavy atom. The van der Waals surface area contributed by atoms with Gasteiger partial charge in [0, 0.05) is 16.9 Å². The van der Waals surface area contributed by atoms with Gasteiger partial charge in [-0.05, 0) is 24.1 Å². The fourth-order valence-corrected chi connectivity index (χ4v) is 2.39. The van der Waals surface area contributed by atoms with Crippen LogP contribution in [0.25, 0.3) is 0 Å². The van der Waals surface area contributed by atoms with Gasteiger partial charge in [-0.15, -0.1) is 0 Å². The molecule has 0 unspecified atom stereocenters. The number of hydrogen-bond donors (Lipinski definition) is 0. The molecule has 0 N–H and O–H groups in total. The van der Waals surface area contributed by atoms with Crippen LogP contribution in [-0.4, -0.2) is 25.8 Å². The molecule has 2 bridgehead atoms. The van der Waals surface area contributed by atoms with Gasteiger partial charge in [0.05, 0.1) is 19.8 Å². The minimum atomic E-state index is -0.822. The SMILES string of the molecule is CC12COC(CCc3ccc(Cl)cc3)(OC1)OC2. The van der Waals surface area contributed by atoms with Crippen LogP contribution in [0.1, 0.15) is 18.9 Å². The number of aryl methyl sites for hydroxylation is 1. The Labute approximate surface area is 112 Å². The number of benzene rings is 1. The van der Waals surface area contributed by atoms with Crippen LogP contribution in [0.4, 0.5) is 0 Å². The zero-order chi connectivity index (χ0) is 12.6. The second-order valence-corrected chi connectivity index (χ2v) is 5.92. The van der Waals surface area contributed by atoms with E-state index < -0.39 is 5.97 Å². The normalized spacial score (nSPS) is 34.8. The van der Waals surface area contributed by atoms with Gasteiger partial charge in [-0.25, -0.2) is 0 Å². The molecule has 3 aliphatic heterocycles. The summed E-state index contributed by atoms with van der Waals surface area (Å²) in [7, 11) is 0. The molecule has 3 fully saturated rings. The molecule has 3 saturated heterocycles. The van der Waals surface area contributed by atoms with E-state index in [4.69, 9.17) is 25.8 Å². The van der Waals surface area contributed by atoms with Gasteiger partial charge in [-0.3, -0.25) is 0 Å². The molecule has 0 amide bonds. The first-order chi connectivity index (χ1) is 8.59. The van der Waals surface area contributed by atoms with Crippen LogP contribution < -0.4 is 0 Å². The molecular weight excluding hydrogens is 252 g/mol. The van der Waals surface area contributed by atoms with Crippen molar-refractivity contribution in [1.29, 1.82) is 0 Å². The number of halogens is 1. The van der Waals surface area contributed by atoms with Crippen LogP contribution in [0.15, 0.2) is 24.3 Å². The van der Waals surface area contributed by atoms with Crippen molar-refractivity contribution in [2.75, 3.05) is 19.8 Å². The van der Waals surface area contributed by atoms with Crippen molar-refractivity contribution >= 4 is 11.6 Å². The Balaban J connectivity index is 1.62. The summed E-state index contributed by atoms with van der Waals surface area (Å²) in [4.78, 5) is 0. The summed E-state index contributed by atoms with van der Waals surface area (Å²) in [6.45, 7) is 4.27. The average Bonchev–Trinajstić information content (AvgIpc) is 2.40. The summed E-state index contributed by atoms with van der Waals surface area (Å²) in [5.74, 6) is -0.822. The van der Waals surface area contributed by atoms with Crippen LogP contribution >= 0.6 is 11.6 Å². The third-order valence-electron chi connectivity index (χ3n) is 3.55. The Morgan fingerprint density at radius 3 is 2.17 bits per heavy atom. The van der Waals surface area contributed by atoms with E-state index in [9.17, 15) is 0 Å². The molecule has 4 heteroatoms. The molecule has 18 heavy (non-hydrogen) atoms. The molecule has 0 saturated carbocycles. The molecule has 4 rings (SSSR count). The Morgan fingerprint density at radius 2 is 1.61 bits per heavy atom. The van der Waals surface area contributed by atoms with Gasteiger partial charge >= 0.3 is 0 Å². The van der Waals surface area contributed by atoms with E-state index in [0.717, 1.165) is 11.4 Å². The number of fused-ring (bicyclic) bond motifs is 3. The van der Waals surface area contributed by atoms with E-state index in [-0.39, 0.29) is 5.41 Å². The predicted molar refractivity (Wildman–Crippen MR) is 68.5 cm³/mol. The van der Waals surface area contributed by atoms with Crippen molar-refractivity contribution in [1.82, 2.24) is 0 Å². The van der Waals surface area contributed by atoms with Crippen LogP contribution in [-0.2, 0) is 20.6 Å². The maximum atomic E-state index is 5.86. The summed E-state index contributed by atoms with van der Waals surface area (Å²) in [5, 5.41) is 0.756. The molecule has 3 aliphatic rings. The van der Waals surface area contributed by atoms with E-state index in [1.54, 1.807) is 0 Å². The topological polar surface area (TPSA) is 27.7 Å². The van der Waals surface area contributed by atoms with E-state index in [2.05, 4.69) is 6.92 Å². The minimum Gasteiger partial charge on any atom is -0.327 e. The van der Waals surface area contributed by atoms with Crippen molar-refractivity contribution in [3.05, 3.63) is 34.9 Å². The molecular formula is C14H17ClO3. The van der Waals surface area contributed by atoms with E-state index in [1.807, 2.05) is 24.3 Å². The first kappa shape index (κ1) is 12.4. The summed E-state index contributed by atoms with van der Waals surface area (Å²) in [6, 6.07) is 7.84. The molecule has 1 aromatic rings. The summed E-state index contributed by atoms with van der Waals surface area (Å²) >= 11 is 5.86. The van der Waals surface area contributed by atoms with Crippen molar-refractivity contribution in [3.63, 3.8) is 0 Å². The molecule has 98 valence electrons. The maximum Gasteiger partial charge on any atom is 0.283 e. The number of hydrogen-bond acceptors (Lipinski definition) is 3. The maximum absolute atomic E-state index is 5.86. The quantitative estimate of drug-likeness (QED) is 0.843. The highest BCUT2D eigenvalue weighted by molar-refractivity contribution is 6.30. The fraction of sp³-hybridized carbons (Fsp3) is 0.571. The highest BCUT2D eigenvalue weighted by atomic mass is 35.5. The monoisotopic (exact) mass is 268 g/mol. The third-order valence-corrected chi connectivity index (χ3v) is 3.81. The lowest BCUT2D eigenvalue weighted by molar-refractivity contribution is -0.467. The molecule has 1 aromatic carbocycles. The smallest absolute Gasteiger partial charge is 0.283 e. The van der Waals surface area contributed by atoms with Crippen LogP contribution in [0.5, 0.6) is 0 Å². The van der Waals surface area contributed by atoms with Gasteiger partial charge < -0.3 is 14.2 Å². The minimum absolute atomic E-state index is 0.0298. The number of ether oxygens (including phenoxy) is 3. The first-order valence-corrected chi connectivity index (χ1v) is 6.63. The molecule has 0 aromatic heterocycles. The van der Waals surface area contributed by atoms with Crippen molar-refractivity contribution in [3.8, 4) is 0 Å². The Bertz CT molecular complexity index is 405.